The Kier molecular flexibility index (Phi) is 4.61. The smallest absolute Gasteiger partial charge is 0.274 e. The highest BCUT2D eigenvalue weighted by molar-refractivity contribution is 5.92. The summed E-state index contributed by atoms with van der Waals surface area (Å²) in [6.45, 7) is 5.96. The highest BCUT2D eigenvalue weighted by atomic mass is 16.3. The Morgan fingerprint density at radius 3 is 2.50 bits per heavy atom. The third kappa shape index (κ3) is 3.96. The quantitative estimate of drug-likeness (QED) is 0.808. The number of anilines is 1. The van der Waals surface area contributed by atoms with Gasteiger partial charge in [-0.2, -0.15) is 0 Å². The van der Waals surface area contributed by atoms with Gasteiger partial charge in [-0.05, 0) is 20.8 Å². The van der Waals surface area contributed by atoms with Gasteiger partial charge in [0.2, 0.25) is 0 Å². The van der Waals surface area contributed by atoms with E-state index in [0.29, 0.717) is 12.4 Å². The predicted octanol–water partition coefficient (Wildman–Crippen LogP) is 0.751. The SMILES string of the molecule is CCN(CC(C)(C)O)C(=O)c1cnc(NC)cn1. The molecule has 1 aromatic heterocycles. The summed E-state index contributed by atoms with van der Waals surface area (Å²) < 4.78 is 0. The second-order valence-electron chi connectivity index (χ2n) is 4.67. The lowest BCUT2D eigenvalue weighted by Gasteiger charge is -2.27. The van der Waals surface area contributed by atoms with Gasteiger partial charge in [-0.25, -0.2) is 9.97 Å². The van der Waals surface area contributed by atoms with E-state index in [0.717, 1.165) is 0 Å². The molecule has 0 saturated heterocycles. The van der Waals surface area contributed by atoms with Crippen molar-refractivity contribution < 1.29 is 9.90 Å². The zero-order chi connectivity index (χ0) is 13.8. The summed E-state index contributed by atoms with van der Waals surface area (Å²) in [7, 11) is 1.73. The zero-order valence-corrected chi connectivity index (χ0v) is 11.3. The molecule has 6 nitrogen and oxygen atoms in total. The average Bonchev–Trinajstić information content (AvgIpc) is 2.34. The number of amides is 1. The minimum absolute atomic E-state index is 0.227. The van der Waals surface area contributed by atoms with Crippen molar-refractivity contribution in [3.63, 3.8) is 0 Å². The van der Waals surface area contributed by atoms with Crippen molar-refractivity contribution in [3.05, 3.63) is 18.1 Å². The van der Waals surface area contributed by atoms with E-state index >= 15 is 0 Å². The fourth-order valence-corrected chi connectivity index (χ4v) is 1.52. The third-order valence-electron chi connectivity index (χ3n) is 2.37. The summed E-state index contributed by atoms with van der Waals surface area (Å²) in [6, 6.07) is 0. The van der Waals surface area contributed by atoms with Gasteiger partial charge in [0.1, 0.15) is 11.5 Å². The molecular formula is C12H20N4O2. The van der Waals surface area contributed by atoms with E-state index in [1.54, 1.807) is 25.8 Å². The fraction of sp³-hybridized carbons (Fsp3) is 0.583. The summed E-state index contributed by atoms with van der Waals surface area (Å²) in [5, 5.41) is 12.6. The summed E-state index contributed by atoms with van der Waals surface area (Å²) >= 11 is 0. The third-order valence-corrected chi connectivity index (χ3v) is 2.37. The van der Waals surface area contributed by atoms with Crippen LogP contribution in [0.5, 0.6) is 0 Å². The fourth-order valence-electron chi connectivity index (χ4n) is 1.52. The van der Waals surface area contributed by atoms with Crippen LogP contribution in [-0.2, 0) is 0 Å². The minimum atomic E-state index is -0.927. The second kappa shape index (κ2) is 5.77. The average molecular weight is 252 g/mol. The molecule has 0 atom stereocenters. The van der Waals surface area contributed by atoms with Crippen LogP contribution in [0, 0.1) is 0 Å². The number of nitrogens with zero attached hydrogens (tertiary/aromatic N) is 3. The minimum Gasteiger partial charge on any atom is -0.389 e. The molecule has 0 bridgehead atoms. The lowest BCUT2D eigenvalue weighted by molar-refractivity contribution is 0.0311. The maximum atomic E-state index is 12.1. The highest BCUT2D eigenvalue weighted by Gasteiger charge is 2.23. The first kappa shape index (κ1) is 14.4. The first-order valence-electron chi connectivity index (χ1n) is 5.89. The van der Waals surface area contributed by atoms with Crippen molar-refractivity contribution in [2.45, 2.75) is 26.4 Å². The van der Waals surface area contributed by atoms with Gasteiger partial charge < -0.3 is 15.3 Å². The van der Waals surface area contributed by atoms with Gasteiger partial charge in [0.05, 0.1) is 18.0 Å². The molecule has 2 N–H and O–H groups in total. The molecule has 1 heterocycles. The molecule has 0 unspecified atom stereocenters. The number of aliphatic hydroxyl groups is 1. The van der Waals surface area contributed by atoms with Crippen LogP contribution in [0.15, 0.2) is 12.4 Å². The van der Waals surface area contributed by atoms with Gasteiger partial charge in [0.15, 0.2) is 0 Å². The van der Waals surface area contributed by atoms with Crippen molar-refractivity contribution in [3.8, 4) is 0 Å². The highest BCUT2D eigenvalue weighted by Crippen LogP contribution is 2.09. The summed E-state index contributed by atoms with van der Waals surface area (Å²) in [4.78, 5) is 21.8. The number of carbonyl (C=O) groups excluding carboxylic acids is 1. The Balaban J connectivity index is 2.82. The number of nitrogens with one attached hydrogen (secondary N) is 1. The first-order valence-corrected chi connectivity index (χ1v) is 5.89. The van der Waals surface area contributed by atoms with Gasteiger partial charge in [0.25, 0.3) is 5.91 Å². The van der Waals surface area contributed by atoms with Crippen LogP contribution in [0.3, 0.4) is 0 Å². The van der Waals surface area contributed by atoms with Crippen LogP contribution < -0.4 is 5.32 Å². The van der Waals surface area contributed by atoms with Gasteiger partial charge >= 0.3 is 0 Å². The zero-order valence-electron chi connectivity index (χ0n) is 11.3. The molecule has 0 aliphatic rings. The van der Waals surface area contributed by atoms with Crippen LogP contribution in [0.25, 0.3) is 0 Å². The Morgan fingerprint density at radius 1 is 1.44 bits per heavy atom. The van der Waals surface area contributed by atoms with E-state index in [4.69, 9.17) is 0 Å². The molecule has 0 aromatic carbocycles. The standard InChI is InChI=1S/C12H20N4O2/c1-5-16(8-12(2,3)18)11(17)9-6-15-10(13-4)7-14-9/h6-7,18H,5,8H2,1-4H3,(H,13,15). The van der Waals surface area contributed by atoms with E-state index in [1.165, 1.54) is 12.4 Å². The maximum absolute atomic E-state index is 12.1. The molecule has 100 valence electrons. The largest absolute Gasteiger partial charge is 0.389 e. The molecule has 0 fully saturated rings. The van der Waals surface area contributed by atoms with Crippen molar-refractivity contribution in [1.29, 1.82) is 0 Å². The maximum Gasteiger partial charge on any atom is 0.274 e. The van der Waals surface area contributed by atoms with Crippen molar-refractivity contribution >= 4 is 11.7 Å². The Labute approximate surface area is 107 Å². The van der Waals surface area contributed by atoms with Crippen molar-refractivity contribution in [2.75, 3.05) is 25.5 Å². The van der Waals surface area contributed by atoms with E-state index in [2.05, 4.69) is 15.3 Å². The summed E-state index contributed by atoms with van der Waals surface area (Å²) in [5.74, 6) is 0.381. The molecule has 1 aromatic rings. The number of carbonyl (C=O) groups is 1. The molecule has 18 heavy (non-hydrogen) atoms. The van der Waals surface area contributed by atoms with Gasteiger partial charge in [-0.15, -0.1) is 0 Å². The molecule has 0 radical (unpaired) electrons. The second-order valence-corrected chi connectivity index (χ2v) is 4.67. The number of hydrogen-bond donors (Lipinski definition) is 2. The number of hydrogen-bond acceptors (Lipinski definition) is 5. The van der Waals surface area contributed by atoms with Crippen molar-refractivity contribution in [1.82, 2.24) is 14.9 Å². The van der Waals surface area contributed by atoms with Crippen LogP contribution in [-0.4, -0.2) is 51.6 Å². The summed E-state index contributed by atoms with van der Waals surface area (Å²) in [5.41, 5.74) is -0.649. The number of likely N-dealkylation sites (N-methyl/N-ethyl adjacent to an activating group) is 1. The Morgan fingerprint density at radius 2 is 2.11 bits per heavy atom. The lowest BCUT2D eigenvalue weighted by atomic mass is 10.1. The van der Waals surface area contributed by atoms with Gasteiger partial charge in [0, 0.05) is 20.1 Å². The van der Waals surface area contributed by atoms with E-state index < -0.39 is 5.60 Å². The van der Waals surface area contributed by atoms with E-state index in [9.17, 15) is 9.90 Å². The summed E-state index contributed by atoms with van der Waals surface area (Å²) in [6.07, 6.45) is 2.94. The van der Waals surface area contributed by atoms with Gasteiger partial charge in [-0.1, -0.05) is 0 Å². The molecular weight excluding hydrogens is 232 g/mol. The monoisotopic (exact) mass is 252 g/mol. The van der Waals surface area contributed by atoms with Crippen molar-refractivity contribution in [2.24, 2.45) is 0 Å². The predicted molar refractivity (Wildman–Crippen MR) is 69.5 cm³/mol. The topological polar surface area (TPSA) is 78.3 Å². The Hall–Kier alpha value is -1.69. The van der Waals surface area contributed by atoms with Crippen LogP contribution >= 0.6 is 0 Å². The molecule has 0 aliphatic carbocycles. The van der Waals surface area contributed by atoms with Crippen LogP contribution in [0.1, 0.15) is 31.3 Å². The molecule has 0 saturated carbocycles. The first-order chi connectivity index (χ1) is 8.37. The molecule has 0 aliphatic heterocycles. The molecule has 1 amide bonds. The van der Waals surface area contributed by atoms with E-state index in [1.807, 2.05) is 6.92 Å². The Bertz CT molecular complexity index is 398. The number of aromatic nitrogens is 2. The van der Waals surface area contributed by atoms with Crippen LogP contribution in [0.4, 0.5) is 5.82 Å². The lowest BCUT2D eigenvalue weighted by Crippen LogP contribution is -2.42. The van der Waals surface area contributed by atoms with Crippen LogP contribution in [0.2, 0.25) is 0 Å². The molecule has 0 spiro atoms. The number of rotatable bonds is 5. The normalized spacial score (nSPS) is 11.2. The van der Waals surface area contributed by atoms with Gasteiger partial charge in [-0.3, -0.25) is 4.79 Å². The molecule has 6 heteroatoms. The van der Waals surface area contributed by atoms with E-state index in [-0.39, 0.29) is 18.1 Å². The molecule has 1 rings (SSSR count).